The first kappa shape index (κ1) is 24.9. The standard InChI is InChI=1S/C25H34N2O.ClH/c1-19(2)13-16-27(17-14-20(3)4)18-15-25(5,24(26)28)23-12-8-10-21-9-6-7-11-22(21)23;/h6-14H,15-18H2,1-5H3,(H2,26,28);1H. The number of rotatable bonds is 9. The van der Waals surface area contributed by atoms with Gasteiger partial charge in [0.25, 0.3) is 0 Å². The molecule has 0 aromatic heterocycles. The lowest BCUT2D eigenvalue weighted by molar-refractivity contribution is -0.123. The molecule has 2 aromatic carbocycles. The molecule has 0 aliphatic heterocycles. The van der Waals surface area contributed by atoms with Crippen LogP contribution in [0.15, 0.2) is 65.8 Å². The molecule has 1 amide bonds. The summed E-state index contributed by atoms with van der Waals surface area (Å²) in [6, 6.07) is 14.3. The van der Waals surface area contributed by atoms with Crippen LogP contribution in [0.2, 0.25) is 0 Å². The summed E-state index contributed by atoms with van der Waals surface area (Å²) in [7, 11) is 0. The van der Waals surface area contributed by atoms with E-state index in [2.05, 4.69) is 62.9 Å². The van der Waals surface area contributed by atoms with E-state index >= 15 is 0 Å². The second kappa shape index (κ2) is 11.2. The summed E-state index contributed by atoms with van der Waals surface area (Å²) in [4.78, 5) is 15.0. The molecular formula is C25H35ClN2O. The summed E-state index contributed by atoms with van der Waals surface area (Å²) in [5.41, 5.74) is 8.85. The van der Waals surface area contributed by atoms with Crippen molar-refractivity contribution in [3.63, 3.8) is 0 Å². The monoisotopic (exact) mass is 414 g/mol. The van der Waals surface area contributed by atoms with Crippen LogP contribution in [0.5, 0.6) is 0 Å². The Balaban J connectivity index is 0.00000420. The average molecular weight is 415 g/mol. The molecule has 158 valence electrons. The van der Waals surface area contributed by atoms with Crippen molar-refractivity contribution in [1.82, 2.24) is 4.90 Å². The molecule has 0 heterocycles. The summed E-state index contributed by atoms with van der Waals surface area (Å²) in [5.74, 6) is -0.270. The summed E-state index contributed by atoms with van der Waals surface area (Å²) in [6.07, 6.45) is 5.15. The van der Waals surface area contributed by atoms with Crippen molar-refractivity contribution >= 4 is 29.1 Å². The number of halogens is 1. The second-order valence-electron chi connectivity index (χ2n) is 8.30. The molecule has 2 aromatic rings. The fraction of sp³-hybridized carbons (Fsp3) is 0.400. The van der Waals surface area contributed by atoms with E-state index in [9.17, 15) is 4.79 Å². The maximum absolute atomic E-state index is 12.6. The Morgan fingerprint density at radius 1 is 0.966 bits per heavy atom. The van der Waals surface area contributed by atoms with Gasteiger partial charge in [-0.05, 0) is 57.4 Å². The van der Waals surface area contributed by atoms with Gasteiger partial charge in [-0.1, -0.05) is 65.8 Å². The number of primary amides is 1. The zero-order chi connectivity index (χ0) is 20.7. The molecule has 0 spiro atoms. The Kier molecular flexibility index (Phi) is 9.61. The van der Waals surface area contributed by atoms with Gasteiger partial charge in [0, 0.05) is 19.6 Å². The van der Waals surface area contributed by atoms with Crippen molar-refractivity contribution in [2.45, 2.75) is 46.5 Å². The van der Waals surface area contributed by atoms with Gasteiger partial charge in [-0.2, -0.15) is 0 Å². The smallest absolute Gasteiger partial charge is 0.227 e. The highest BCUT2D eigenvalue weighted by Gasteiger charge is 2.34. The fourth-order valence-corrected chi connectivity index (χ4v) is 3.36. The number of hydrogen-bond donors (Lipinski definition) is 1. The van der Waals surface area contributed by atoms with Crippen LogP contribution < -0.4 is 5.73 Å². The molecule has 1 unspecified atom stereocenters. The van der Waals surface area contributed by atoms with Crippen LogP contribution in [-0.2, 0) is 10.2 Å². The summed E-state index contributed by atoms with van der Waals surface area (Å²) < 4.78 is 0. The van der Waals surface area contributed by atoms with E-state index in [1.165, 1.54) is 11.1 Å². The van der Waals surface area contributed by atoms with Crippen molar-refractivity contribution in [3.05, 3.63) is 71.3 Å². The van der Waals surface area contributed by atoms with E-state index in [4.69, 9.17) is 5.73 Å². The summed E-state index contributed by atoms with van der Waals surface area (Å²) >= 11 is 0. The molecule has 0 bridgehead atoms. The van der Waals surface area contributed by atoms with Crippen LogP contribution in [0.25, 0.3) is 10.8 Å². The Hall–Kier alpha value is -2.10. The molecule has 0 saturated carbocycles. The molecule has 0 fully saturated rings. The van der Waals surface area contributed by atoms with Gasteiger partial charge >= 0.3 is 0 Å². The molecule has 0 aliphatic rings. The van der Waals surface area contributed by atoms with Gasteiger partial charge < -0.3 is 5.73 Å². The van der Waals surface area contributed by atoms with Crippen LogP contribution in [0.4, 0.5) is 0 Å². The van der Waals surface area contributed by atoms with Crippen LogP contribution in [-0.4, -0.2) is 30.4 Å². The number of nitrogens with two attached hydrogens (primary N) is 1. The minimum absolute atomic E-state index is 0. The lowest BCUT2D eigenvalue weighted by Crippen LogP contribution is -2.42. The third-order valence-electron chi connectivity index (χ3n) is 5.37. The number of allylic oxidation sites excluding steroid dienone is 2. The molecule has 2 rings (SSSR count). The zero-order valence-electron chi connectivity index (χ0n) is 18.4. The number of benzene rings is 2. The minimum atomic E-state index is -0.713. The normalized spacial score (nSPS) is 12.8. The molecule has 2 N–H and O–H groups in total. The van der Waals surface area contributed by atoms with Gasteiger partial charge in [0.2, 0.25) is 5.91 Å². The third kappa shape index (κ3) is 6.73. The van der Waals surface area contributed by atoms with Crippen LogP contribution in [0, 0.1) is 0 Å². The van der Waals surface area contributed by atoms with Gasteiger partial charge in [-0.3, -0.25) is 9.69 Å². The second-order valence-corrected chi connectivity index (χ2v) is 8.30. The van der Waals surface area contributed by atoms with Gasteiger partial charge in [0.1, 0.15) is 0 Å². The van der Waals surface area contributed by atoms with E-state index in [0.29, 0.717) is 6.42 Å². The highest BCUT2D eigenvalue weighted by atomic mass is 35.5. The topological polar surface area (TPSA) is 46.3 Å². The van der Waals surface area contributed by atoms with Crippen molar-refractivity contribution in [2.24, 2.45) is 5.73 Å². The van der Waals surface area contributed by atoms with Gasteiger partial charge in [0.15, 0.2) is 0 Å². The van der Waals surface area contributed by atoms with Gasteiger partial charge in [-0.25, -0.2) is 0 Å². The van der Waals surface area contributed by atoms with Crippen molar-refractivity contribution in [3.8, 4) is 0 Å². The lowest BCUT2D eigenvalue weighted by atomic mass is 9.76. The first-order valence-corrected chi connectivity index (χ1v) is 10.0. The van der Waals surface area contributed by atoms with E-state index in [-0.39, 0.29) is 18.3 Å². The molecule has 0 radical (unpaired) electrons. The Bertz CT molecular complexity index is 854. The number of amides is 1. The number of nitrogens with zero attached hydrogens (tertiary/aromatic N) is 1. The van der Waals surface area contributed by atoms with Crippen LogP contribution in [0.3, 0.4) is 0 Å². The number of fused-ring (bicyclic) bond motifs is 1. The Labute approximate surface area is 182 Å². The first-order valence-electron chi connectivity index (χ1n) is 10.0. The maximum atomic E-state index is 12.6. The summed E-state index contributed by atoms with van der Waals surface area (Å²) in [6.45, 7) is 13.0. The zero-order valence-corrected chi connectivity index (χ0v) is 19.2. The van der Waals surface area contributed by atoms with E-state index < -0.39 is 5.41 Å². The number of carbonyl (C=O) groups excluding carboxylic acids is 1. The maximum Gasteiger partial charge on any atom is 0.227 e. The Morgan fingerprint density at radius 3 is 2.07 bits per heavy atom. The van der Waals surface area contributed by atoms with E-state index in [1.54, 1.807) is 0 Å². The molecular weight excluding hydrogens is 380 g/mol. The molecule has 1 atom stereocenters. The van der Waals surface area contributed by atoms with Gasteiger partial charge in [-0.15, -0.1) is 12.4 Å². The van der Waals surface area contributed by atoms with Crippen molar-refractivity contribution in [2.75, 3.05) is 19.6 Å². The highest BCUT2D eigenvalue weighted by molar-refractivity contribution is 5.95. The van der Waals surface area contributed by atoms with Crippen molar-refractivity contribution < 1.29 is 4.79 Å². The predicted molar refractivity (Wildman–Crippen MR) is 128 cm³/mol. The predicted octanol–water partition coefficient (Wildman–Crippen LogP) is 5.63. The fourth-order valence-electron chi connectivity index (χ4n) is 3.36. The lowest BCUT2D eigenvalue weighted by Gasteiger charge is -2.31. The van der Waals surface area contributed by atoms with Crippen molar-refractivity contribution in [1.29, 1.82) is 0 Å². The van der Waals surface area contributed by atoms with E-state index in [0.717, 1.165) is 36.0 Å². The first-order chi connectivity index (χ1) is 13.2. The molecule has 29 heavy (non-hydrogen) atoms. The SMILES string of the molecule is CC(C)=CCN(CC=C(C)C)CCC(C)(C(N)=O)c1cccc2ccccc12.Cl. The minimum Gasteiger partial charge on any atom is -0.369 e. The highest BCUT2D eigenvalue weighted by Crippen LogP contribution is 2.33. The molecule has 0 saturated heterocycles. The average Bonchev–Trinajstić information content (AvgIpc) is 2.66. The largest absolute Gasteiger partial charge is 0.369 e. The van der Waals surface area contributed by atoms with Crippen LogP contribution >= 0.6 is 12.4 Å². The third-order valence-corrected chi connectivity index (χ3v) is 5.37. The quantitative estimate of drug-likeness (QED) is 0.540. The van der Waals surface area contributed by atoms with E-state index in [1.807, 2.05) is 31.2 Å². The molecule has 0 aliphatic carbocycles. The van der Waals surface area contributed by atoms with Crippen LogP contribution in [0.1, 0.15) is 46.6 Å². The van der Waals surface area contributed by atoms with Gasteiger partial charge in [0.05, 0.1) is 5.41 Å². The number of carbonyl (C=O) groups is 1. The molecule has 4 heteroatoms. The molecule has 3 nitrogen and oxygen atoms in total. The number of hydrogen-bond acceptors (Lipinski definition) is 2. The summed E-state index contributed by atoms with van der Waals surface area (Å²) in [5, 5.41) is 2.24. The Morgan fingerprint density at radius 2 is 1.52 bits per heavy atom.